The zero-order valence-corrected chi connectivity index (χ0v) is 19.6. The Balaban J connectivity index is 0.00000364. The Morgan fingerprint density at radius 3 is 2.11 bits per heavy atom. The van der Waals surface area contributed by atoms with Gasteiger partial charge in [-0.3, -0.25) is 0 Å². The third-order valence-electron chi connectivity index (χ3n) is 4.34. The first-order chi connectivity index (χ1) is 12.6. The number of hydrogen-bond acceptors (Lipinski definition) is 3. The lowest BCUT2D eigenvalue weighted by Crippen LogP contribution is -2.27. The van der Waals surface area contributed by atoms with E-state index in [4.69, 9.17) is 27.9 Å². The highest BCUT2D eigenvalue weighted by molar-refractivity contribution is 6.37. The number of halogens is 4. The van der Waals surface area contributed by atoms with Crippen molar-refractivity contribution in [3.63, 3.8) is 0 Å². The van der Waals surface area contributed by atoms with Crippen LogP contribution in [0.15, 0.2) is 42.5 Å². The summed E-state index contributed by atoms with van der Waals surface area (Å²) < 4.78 is 5.81. The van der Waals surface area contributed by atoms with Crippen LogP contribution in [0.5, 0.6) is 5.75 Å². The molecule has 0 aliphatic heterocycles. The van der Waals surface area contributed by atoms with E-state index in [2.05, 4.69) is 24.1 Å². The predicted molar refractivity (Wildman–Crippen MR) is 126 cm³/mol. The van der Waals surface area contributed by atoms with E-state index in [0.717, 1.165) is 50.3 Å². The van der Waals surface area contributed by atoms with Gasteiger partial charge in [-0.1, -0.05) is 67.4 Å². The van der Waals surface area contributed by atoms with Crippen LogP contribution >= 0.6 is 48.0 Å². The van der Waals surface area contributed by atoms with E-state index >= 15 is 0 Å². The standard InChI is InChI=1S/C21H28Cl2N2O.2ClH/c1-3-25(4-2)12-8-11-24-15-18-13-19(22)21(20(23)14-18)26-16-17-9-6-5-7-10-17;;/h5-7,9-10,13-14,24H,3-4,8,11-12,15-16H2,1-2H3;2*1H. The van der Waals surface area contributed by atoms with Crippen LogP contribution in [-0.4, -0.2) is 31.1 Å². The van der Waals surface area contributed by atoms with Crippen molar-refractivity contribution in [3.05, 3.63) is 63.6 Å². The van der Waals surface area contributed by atoms with Crippen LogP contribution in [0.2, 0.25) is 10.0 Å². The van der Waals surface area contributed by atoms with Crippen LogP contribution in [-0.2, 0) is 13.2 Å². The van der Waals surface area contributed by atoms with Gasteiger partial charge >= 0.3 is 0 Å². The summed E-state index contributed by atoms with van der Waals surface area (Å²) in [5.41, 5.74) is 2.15. The van der Waals surface area contributed by atoms with Gasteiger partial charge in [-0.25, -0.2) is 0 Å². The molecule has 0 aromatic heterocycles. The molecule has 0 fully saturated rings. The van der Waals surface area contributed by atoms with E-state index in [1.54, 1.807) is 0 Å². The van der Waals surface area contributed by atoms with E-state index < -0.39 is 0 Å². The normalized spacial score (nSPS) is 10.3. The van der Waals surface area contributed by atoms with Crippen molar-refractivity contribution in [2.45, 2.75) is 33.4 Å². The van der Waals surface area contributed by atoms with Gasteiger partial charge < -0.3 is 15.0 Å². The molecule has 0 unspecified atom stereocenters. The number of nitrogens with zero attached hydrogens (tertiary/aromatic N) is 1. The van der Waals surface area contributed by atoms with Gasteiger partial charge in [-0.15, -0.1) is 24.8 Å². The molecular weight excluding hydrogens is 438 g/mol. The van der Waals surface area contributed by atoms with Gasteiger partial charge in [0, 0.05) is 6.54 Å². The second kappa shape index (κ2) is 15.2. The second-order valence-electron chi connectivity index (χ2n) is 6.22. The van der Waals surface area contributed by atoms with Crippen molar-refractivity contribution in [3.8, 4) is 5.75 Å². The lowest BCUT2D eigenvalue weighted by Gasteiger charge is -2.17. The van der Waals surface area contributed by atoms with Gasteiger partial charge in [0.15, 0.2) is 5.75 Å². The first kappa shape index (κ1) is 27.3. The maximum absolute atomic E-state index is 6.38. The Morgan fingerprint density at radius 2 is 1.54 bits per heavy atom. The van der Waals surface area contributed by atoms with Crippen molar-refractivity contribution in [1.29, 1.82) is 0 Å². The van der Waals surface area contributed by atoms with Gasteiger partial charge in [-0.05, 0) is 55.9 Å². The van der Waals surface area contributed by atoms with Gasteiger partial charge in [-0.2, -0.15) is 0 Å². The van der Waals surface area contributed by atoms with E-state index in [0.29, 0.717) is 22.4 Å². The summed E-state index contributed by atoms with van der Waals surface area (Å²) in [6, 6.07) is 13.8. The highest BCUT2D eigenvalue weighted by atomic mass is 35.5. The average molecular weight is 468 g/mol. The molecule has 2 aromatic rings. The number of rotatable bonds is 11. The van der Waals surface area contributed by atoms with Crippen LogP contribution in [0.25, 0.3) is 0 Å². The lowest BCUT2D eigenvalue weighted by molar-refractivity contribution is 0.298. The first-order valence-corrected chi connectivity index (χ1v) is 9.97. The minimum atomic E-state index is 0. The number of benzene rings is 2. The van der Waals surface area contributed by atoms with Crippen molar-refractivity contribution < 1.29 is 4.74 Å². The van der Waals surface area contributed by atoms with E-state index in [1.807, 2.05) is 42.5 Å². The highest BCUT2D eigenvalue weighted by Gasteiger charge is 2.10. The van der Waals surface area contributed by atoms with Gasteiger partial charge in [0.1, 0.15) is 6.61 Å². The van der Waals surface area contributed by atoms with Crippen LogP contribution in [0, 0.1) is 0 Å². The maximum atomic E-state index is 6.38. The summed E-state index contributed by atoms with van der Waals surface area (Å²) in [6.45, 7) is 9.88. The van der Waals surface area contributed by atoms with Crippen molar-refractivity contribution >= 4 is 48.0 Å². The summed E-state index contributed by atoms with van der Waals surface area (Å²) in [5.74, 6) is 0.544. The third kappa shape index (κ3) is 9.21. The zero-order chi connectivity index (χ0) is 18.8. The monoisotopic (exact) mass is 466 g/mol. The molecule has 0 amide bonds. The van der Waals surface area contributed by atoms with E-state index in [1.165, 1.54) is 0 Å². The zero-order valence-electron chi connectivity index (χ0n) is 16.4. The molecule has 0 spiro atoms. The van der Waals surface area contributed by atoms with Gasteiger partial charge in [0.25, 0.3) is 0 Å². The fraction of sp³-hybridized carbons (Fsp3) is 0.429. The Kier molecular flexibility index (Phi) is 14.8. The second-order valence-corrected chi connectivity index (χ2v) is 7.03. The molecule has 3 nitrogen and oxygen atoms in total. The molecule has 0 heterocycles. The molecule has 0 saturated heterocycles. The lowest BCUT2D eigenvalue weighted by atomic mass is 10.2. The Hall–Kier alpha value is -0.680. The topological polar surface area (TPSA) is 24.5 Å². The largest absolute Gasteiger partial charge is 0.486 e. The number of hydrogen-bond donors (Lipinski definition) is 1. The molecule has 7 heteroatoms. The summed E-state index contributed by atoms with van der Waals surface area (Å²) in [5, 5.41) is 4.55. The third-order valence-corrected chi connectivity index (χ3v) is 4.90. The highest BCUT2D eigenvalue weighted by Crippen LogP contribution is 2.34. The summed E-state index contributed by atoms with van der Waals surface area (Å²) in [6.07, 6.45) is 1.13. The van der Waals surface area contributed by atoms with Crippen molar-refractivity contribution in [1.82, 2.24) is 10.2 Å². The molecule has 0 bridgehead atoms. The molecule has 2 rings (SSSR count). The average Bonchev–Trinajstić information content (AvgIpc) is 2.65. The first-order valence-electron chi connectivity index (χ1n) is 9.21. The molecule has 0 saturated carbocycles. The SMILES string of the molecule is CCN(CC)CCCNCc1cc(Cl)c(OCc2ccccc2)c(Cl)c1.Cl.Cl. The summed E-state index contributed by atoms with van der Waals surface area (Å²) >= 11 is 12.8. The smallest absolute Gasteiger partial charge is 0.156 e. The molecule has 28 heavy (non-hydrogen) atoms. The van der Waals surface area contributed by atoms with Gasteiger partial charge in [0.2, 0.25) is 0 Å². The predicted octanol–water partition coefficient (Wildman–Crippen LogP) is 6.24. The Labute approximate surface area is 191 Å². The molecule has 1 N–H and O–H groups in total. The summed E-state index contributed by atoms with van der Waals surface area (Å²) in [7, 11) is 0. The summed E-state index contributed by atoms with van der Waals surface area (Å²) in [4.78, 5) is 2.42. The van der Waals surface area contributed by atoms with Crippen molar-refractivity contribution in [2.75, 3.05) is 26.2 Å². The van der Waals surface area contributed by atoms with Crippen molar-refractivity contribution in [2.24, 2.45) is 0 Å². The fourth-order valence-corrected chi connectivity index (χ4v) is 3.42. The minimum absolute atomic E-state index is 0. The molecule has 0 radical (unpaired) electrons. The Bertz CT molecular complexity index is 644. The number of ether oxygens (including phenoxy) is 1. The molecule has 0 aliphatic carbocycles. The Morgan fingerprint density at radius 1 is 0.929 bits per heavy atom. The quantitative estimate of drug-likeness (QED) is 0.396. The van der Waals surface area contributed by atoms with E-state index in [9.17, 15) is 0 Å². The molecule has 158 valence electrons. The van der Waals surface area contributed by atoms with Crippen LogP contribution < -0.4 is 10.1 Å². The van der Waals surface area contributed by atoms with Crippen LogP contribution in [0.4, 0.5) is 0 Å². The van der Waals surface area contributed by atoms with Crippen LogP contribution in [0.1, 0.15) is 31.4 Å². The minimum Gasteiger partial charge on any atom is -0.486 e. The molecule has 0 atom stereocenters. The molecule has 0 aliphatic rings. The fourth-order valence-electron chi connectivity index (χ4n) is 2.78. The molecule has 2 aromatic carbocycles. The number of nitrogens with one attached hydrogen (secondary N) is 1. The van der Waals surface area contributed by atoms with E-state index in [-0.39, 0.29) is 24.8 Å². The van der Waals surface area contributed by atoms with Gasteiger partial charge in [0.05, 0.1) is 10.0 Å². The maximum Gasteiger partial charge on any atom is 0.156 e. The molecular formula is C21H30Cl4N2O. The van der Waals surface area contributed by atoms with Crippen LogP contribution in [0.3, 0.4) is 0 Å².